The molecule has 0 aliphatic carbocycles. The van der Waals surface area contributed by atoms with Gasteiger partial charge in [0, 0.05) is 47.9 Å². The van der Waals surface area contributed by atoms with Crippen molar-refractivity contribution in [2.24, 2.45) is 11.8 Å². The van der Waals surface area contributed by atoms with E-state index in [1.807, 2.05) is 94.4 Å². The monoisotopic (exact) mass is 749 g/mol. The second-order valence-electron chi connectivity index (χ2n) is 13.3. The Morgan fingerprint density at radius 3 is 2.00 bits per heavy atom. The number of hydrogen-bond acceptors (Lipinski definition) is 3. The number of halogens is 3. The van der Waals surface area contributed by atoms with Crippen molar-refractivity contribution in [2.45, 2.75) is 65.5 Å². The molecule has 2 atom stereocenters. The molecule has 0 spiro atoms. The van der Waals surface area contributed by atoms with Crippen LogP contribution in [0.15, 0.2) is 84.9 Å². The van der Waals surface area contributed by atoms with Gasteiger partial charge >= 0.3 is 0 Å². The highest BCUT2D eigenvalue weighted by molar-refractivity contribution is 6.31. The van der Waals surface area contributed by atoms with Gasteiger partial charge < -0.3 is 24.7 Å². The highest BCUT2D eigenvalue weighted by Gasteiger charge is 2.30. The molecule has 270 valence electrons. The van der Waals surface area contributed by atoms with Crippen LogP contribution in [0, 0.1) is 11.8 Å². The number of aromatic amines is 1. The van der Waals surface area contributed by atoms with Crippen LogP contribution in [0.4, 0.5) is 5.69 Å². The van der Waals surface area contributed by atoms with Crippen molar-refractivity contribution in [2.75, 3.05) is 24.4 Å². The number of rotatable bonds is 7. The van der Waals surface area contributed by atoms with Crippen LogP contribution in [0.3, 0.4) is 0 Å². The molecule has 0 radical (unpaired) electrons. The largest absolute Gasteiger partial charge is 0.346 e. The van der Waals surface area contributed by atoms with Crippen molar-refractivity contribution in [3.63, 3.8) is 0 Å². The first kappa shape index (κ1) is 38.3. The van der Waals surface area contributed by atoms with E-state index in [2.05, 4.69) is 24.1 Å². The standard InChI is InChI=1S/C16H19ClN2O.C8H14ClNO.C8H6ClN.C8H7NO/c1-2-5-12-8-16(20)18(10-12)11-19-14-7-4-3-6-13(14)9-15(19)17;1-2-3-7-4-8(11)10(5-7)6-9;9-8-5-6-3-1-2-4-7(6)10-8;10-8-5-6-3-1-2-4-7(6)9-8/h3-4,6-7,9,12H,2,5,8,10-11H2,1H3;7H,2-6H2,1H3;1-5,10H;1-4H,5H2,(H,9,10). The van der Waals surface area contributed by atoms with Crippen LogP contribution in [0.1, 0.15) is 57.9 Å². The Morgan fingerprint density at radius 2 is 1.35 bits per heavy atom. The first-order valence-corrected chi connectivity index (χ1v) is 18.9. The Labute approximate surface area is 315 Å². The van der Waals surface area contributed by atoms with E-state index in [1.54, 1.807) is 4.90 Å². The second kappa shape index (κ2) is 18.5. The molecular formula is C40H46Cl3N5O3. The van der Waals surface area contributed by atoms with Crippen molar-refractivity contribution in [1.29, 1.82) is 0 Å². The Hall–Kier alpha value is -3.98. The number of alkyl halides is 1. The summed E-state index contributed by atoms with van der Waals surface area (Å²) < 4.78 is 2.02. The van der Waals surface area contributed by atoms with E-state index in [9.17, 15) is 14.4 Å². The lowest BCUT2D eigenvalue weighted by Gasteiger charge is -2.19. The van der Waals surface area contributed by atoms with Crippen LogP contribution in [0.2, 0.25) is 10.3 Å². The topological polar surface area (TPSA) is 90.4 Å². The van der Waals surface area contributed by atoms with Crippen LogP contribution >= 0.6 is 34.8 Å². The zero-order chi connectivity index (χ0) is 36.3. The Morgan fingerprint density at radius 1 is 0.745 bits per heavy atom. The summed E-state index contributed by atoms with van der Waals surface area (Å²) in [5, 5.41) is 6.43. The molecule has 3 amide bonds. The van der Waals surface area contributed by atoms with Gasteiger partial charge in [-0.3, -0.25) is 14.4 Å². The number of hydrogen-bond donors (Lipinski definition) is 2. The van der Waals surface area contributed by atoms with E-state index in [4.69, 9.17) is 34.8 Å². The maximum atomic E-state index is 12.1. The molecule has 3 aromatic carbocycles. The van der Waals surface area contributed by atoms with Gasteiger partial charge in [-0.2, -0.15) is 0 Å². The third-order valence-corrected chi connectivity index (χ3v) is 10.1. The molecule has 11 heteroatoms. The van der Waals surface area contributed by atoms with Gasteiger partial charge in [-0.25, -0.2) is 0 Å². The third kappa shape index (κ3) is 10.3. The molecule has 0 bridgehead atoms. The SMILES string of the molecule is CCCC1CC(=O)N(CCl)C1.CCCC1CC(=O)N(Cn2c(Cl)cc3ccccc32)C1.Clc1cc2ccccc2[nH]1.O=C1Cc2ccccc2N1. The summed E-state index contributed by atoms with van der Waals surface area (Å²) in [7, 11) is 0. The molecule has 0 saturated carbocycles. The fourth-order valence-corrected chi connectivity index (χ4v) is 7.57. The number of nitrogens with zero attached hydrogens (tertiary/aromatic N) is 3. The molecule has 8 nitrogen and oxygen atoms in total. The number of anilines is 1. The predicted molar refractivity (Wildman–Crippen MR) is 209 cm³/mol. The molecule has 2 unspecified atom stereocenters. The summed E-state index contributed by atoms with van der Waals surface area (Å²) in [5.74, 6) is 1.64. The van der Waals surface area contributed by atoms with Gasteiger partial charge in [0.05, 0.1) is 24.6 Å². The summed E-state index contributed by atoms with van der Waals surface area (Å²) in [6.07, 6.45) is 6.51. The highest BCUT2D eigenvalue weighted by Crippen LogP contribution is 2.28. The van der Waals surface area contributed by atoms with Gasteiger partial charge in [-0.1, -0.05) is 104 Å². The molecule has 3 aliphatic rings. The maximum absolute atomic E-state index is 12.1. The molecule has 5 aromatic rings. The minimum absolute atomic E-state index is 0.0983. The summed E-state index contributed by atoms with van der Waals surface area (Å²) in [4.78, 5) is 40.7. The van der Waals surface area contributed by atoms with Crippen LogP contribution in [-0.2, 0) is 27.5 Å². The van der Waals surface area contributed by atoms with E-state index in [-0.39, 0.29) is 17.7 Å². The first-order chi connectivity index (χ1) is 24.7. The number of aromatic nitrogens is 2. The number of benzene rings is 3. The zero-order valence-electron chi connectivity index (χ0n) is 29.2. The lowest BCUT2D eigenvalue weighted by Crippen LogP contribution is -2.27. The molecule has 2 aromatic heterocycles. The summed E-state index contributed by atoms with van der Waals surface area (Å²) in [6.45, 7) is 6.61. The lowest BCUT2D eigenvalue weighted by atomic mass is 10.0. The van der Waals surface area contributed by atoms with Crippen molar-refractivity contribution in [3.8, 4) is 0 Å². The number of likely N-dealkylation sites (tertiary alicyclic amines) is 2. The smallest absolute Gasteiger partial charge is 0.228 e. The van der Waals surface area contributed by atoms with Crippen molar-refractivity contribution in [1.82, 2.24) is 19.4 Å². The van der Waals surface area contributed by atoms with E-state index in [0.29, 0.717) is 54.1 Å². The van der Waals surface area contributed by atoms with Crippen molar-refractivity contribution in [3.05, 3.63) is 101 Å². The molecule has 3 aliphatic heterocycles. The van der Waals surface area contributed by atoms with Crippen molar-refractivity contribution < 1.29 is 14.4 Å². The summed E-state index contributed by atoms with van der Waals surface area (Å²) >= 11 is 17.6. The summed E-state index contributed by atoms with van der Waals surface area (Å²) in [5.41, 5.74) is 4.25. The molecule has 8 rings (SSSR count). The molecular weight excluding hydrogens is 705 g/mol. The minimum Gasteiger partial charge on any atom is -0.346 e. The van der Waals surface area contributed by atoms with Gasteiger partial charge in [-0.15, -0.1) is 11.6 Å². The van der Waals surface area contributed by atoms with Crippen LogP contribution < -0.4 is 5.32 Å². The van der Waals surface area contributed by atoms with Crippen molar-refractivity contribution >= 4 is 80.0 Å². The van der Waals surface area contributed by atoms with E-state index in [0.717, 1.165) is 71.8 Å². The number of carbonyl (C=O) groups is 3. The van der Waals surface area contributed by atoms with Gasteiger partial charge in [0.1, 0.15) is 10.3 Å². The molecule has 5 heterocycles. The Kier molecular flexibility index (Phi) is 13.9. The average Bonchev–Trinajstić information content (AvgIpc) is 3.93. The Balaban J connectivity index is 0.000000139. The normalized spacial score (nSPS) is 17.8. The van der Waals surface area contributed by atoms with Crippen LogP contribution in [0.25, 0.3) is 21.8 Å². The molecule has 2 saturated heterocycles. The number of para-hydroxylation sites is 3. The second-order valence-corrected chi connectivity index (χ2v) is 14.3. The fraction of sp³-hybridized carbons (Fsp3) is 0.375. The molecule has 2 N–H and O–H groups in total. The first-order valence-electron chi connectivity index (χ1n) is 17.6. The Bertz CT molecular complexity index is 1880. The van der Waals surface area contributed by atoms with Gasteiger partial charge in [0.25, 0.3) is 0 Å². The molecule has 51 heavy (non-hydrogen) atoms. The van der Waals surface area contributed by atoms with Gasteiger partial charge in [0.2, 0.25) is 17.7 Å². The lowest BCUT2D eigenvalue weighted by molar-refractivity contribution is -0.129. The van der Waals surface area contributed by atoms with E-state index < -0.39 is 0 Å². The zero-order valence-corrected chi connectivity index (χ0v) is 31.5. The fourth-order valence-electron chi connectivity index (χ4n) is 6.86. The highest BCUT2D eigenvalue weighted by atomic mass is 35.5. The number of nitrogens with one attached hydrogen (secondary N) is 2. The van der Waals surface area contributed by atoms with Gasteiger partial charge in [0.15, 0.2) is 0 Å². The minimum atomic E-state index is 0.0983. The predicted octanol–water partition coefficient (Wildman–Crippen LogP) is 9.73. The quantitative estimate of drug-likeness (QED) is 0.128. The van der Waals surface area contributed by atoms with Gasteiger partial charge in [-0.05, 0) is 60.6 Å². The number of amides is 3. The number of fused-ring (bicyclic) bond motifs is 3. The third-order valence-electron chi connectivity index (χ3n) is 9.34. The molecule has 2 fully saturated rings. The van der Waals surface area contributed by atoms with Crippen LogP contribution in [0.5, 0.6) is 0 Å². The summed E-state index contributed by atoms with van der Waals surface area (Å²) in [6, 6.07) is 28.1. The average molecular weight is 751 g/mol. The number of carbonyl (C=O) groups excluding carboxylic acids is 3. The van der Waals surface area contributed by atoms with E-state index in [1.165, 1.54) is 0 Å². The van der Waals surface area contributed by atoms with Crippen LogP contribution in [-0.4, -0.2) is 56.2 Å². The van der Waals surface area contributed by atoms with E-state index >= 15 is 0 Å². The number of H-pyrrole nitrogens is 1. The maximum Gasteiger partial charge on any atom is 0.228 e.